The van der Waals surface area contributed by atoms with Gasteiger partial charge in [0.05, 0.1) is 11.6 Å². The van der Waals surface area contributed by atoms with Gasteiger partial charge in [0.15, 0.2) is 5.60 Å². The van der Waals surface area contributed by atoms with Gasteiger partial charge in [0.1, 0.15) is 12.1 Å². The Balaban J connectivity index is 1.28. The summed E-state index contributed by atoms with van der Waals surface area (Å²) in [5.74, 6) is 1.03. The predicted molar refractivity (Wildman–Crippen MR) is 101 cm³/mol. The number of ether oxygens (including phenoxy) is 1. The molecule has 0 spiro atoms. The van der Waals surface area contributed by atoms with Crippen LogP contribution in [0.25, 0.3) is 0 Å². The van der Waals surface area contributed by atoms with Crippen molar-refractivity contribution < 1.29 is 14.3 Å². The first-order valence-electron chi connectivity index (χ1n) is 9.76. The molecule has 0 unspecified atom stereocenters. The molecule has 1 aromatic heterocycles. The normalized spacial score (nSPS) is 26.7. The van der Waals surface area contributed by atoms with Gasteiger partial charge in [-0.15, -0.1) is 0 Å². The molecule has 7 heteroatoms. The fourth-order valence-corrected chi connectivity index (χ4v) is 4.53. The summed E-state index contributed by atoms with van der Waals surface area (Å²) < 4.78 is 6.09. The average Bonchev–Trinajstić information content (AvgIpc) is 3.24. The smallest absolute Gasteiger partial charge is 0.267 e. The van der Waals surface area contributed by atoms with E-state index in [9.17, 15) is 9.59 Å². The van der Waals surface area contributed by atoms with Crippen LogP contribution < -0.4 is 10.1 Å². The van der Waals surface area contributed by atoms with Crippen LogP contribution in [0.15, 0.2) is 49.1 Å². The maximum Gasteiger partial charge on any atom is 0.267 e. The van der Waals surface area contributed by atoms with E-state index >= 15 is 0 Å². The van der Waals surface area contributed by atoms with Crippen LogP contribution >= 0.6 is 0 Å². The summed E-state index contributed by atoms with van der Waals surface area (Å²) in [5, 5.41) is 3.08. The molecule has 2 amide bonds. The lowest BCUT2D eigenvalue weighted by Gasteiger charge is -2.36. The third kappa shape index (κ3) is 3.00. The summed E-state index contributed by atoms with van der Waals surface area (Å²) in [5.41, 5.74) is -0.289. The highest BCUT2D eigenvalue weighted by atomic mass is 16.5. The summed E-state index contributed by atoms with van der Waals surface area (Å²) in [7, 11) is 0. The van der Waals surface area contributed by atoms with Crippen LogP contribution in [-0.2, 0) is 4.79 Å². The fraction of sp³-hybridized carbons (Fsp3) is 0.429. The lowest BCUT2D eigenvalue weighted by molar-refractivity contribution is -0.143. The lowest BCUT2D eigenvalue weighted by Crippen LogP contribution is -2.55. The standard InChI is InChI=1S/C21H22N4O3/c26-19(15-10-22-13-23-11-15)24-17-8-14-9-18(17)25(12-14)20(27)21(6-7-21)28-16-4-2-1-3-5-16/h1-5,10-11,13-14,17-18H,6-9,12H2,(H,24,26)/t14-,17+,18-/m0/s1. The first-order valence-corrected chi connectivity index (χ1v) is 9.76. The Kier molecular flexibility index (Phi) is 4.03. The van der Waals surface area contributed by atoms with Crippen molar-refractivity contribution in [3.05, 3.63) is 54.6 Å². The quantitative estimate of drug-likeness (QED) is 0.858. The van der Waals surface area contributed by atoms with Crippen molar-refractivity contribution in [3.8, 4) is 5.75 Å². The van der Waals surface area contributed by atoms with Crippen molar-refractivity contribution in [2.24, 2.45) is 5.92 Å². The Morgan fingerprint density at radius 2 is 1.86 bits per heavy atom. The number of benzene rings is 1. The number of carbonyl (C=O) groups is 2. The number of piperidine rings is 1. The van der Waals surface area contributed by atoms with E-state index in [1.807, 2.05) is 35.2 Å². The molecule has 1 aromatic carbocycles. The van der Waals surface area contributed by atoms with E-state index in [-0.39, 0.29) is 23.9 Å². The topological polar surface area (TPSA) is 84.4 Å². The van der Waals surface area contributed by atoms with Gasteiger partial charge < -0.3 is 15.0 Å². The Labute approximate surface area is 163 Å². The van der Waals surface area contributed by atoms with Crippen molar-refractivity contribution in [1.82, 2.24) is 20.2 Å². The van der Waals surface area contributed by atoms with Crippen molar-refractivity contribution in [1.29, 1.82) is 0 Å². The van der Waals surface area contributed by atoms with Gasteiger partial charge in [0.25, 0.3) is 11.8 Å². The van der Waals surface area contributed by atoms with Crippen LogP contribution in [0.2, 0.25) is 0 Å². The Morgan fingerprint density at radius 1 is 1.11 bits per heavy atom. The number of rotatable bonds is 5. The zero-order chi connectivity index (χ0) is 19.1. The van der Waals surface area contributed by atoms with Gasteiger partial charge in [-0.1, -0.05) is 18.2 Å². The summed E-state index contributed by atoms with van der Waals surface area (Å²) in [6.45, 7) is 0.754. The Hall–Kier alpha value is -2.96. The van der Waals surface area contributed by atoms with Crippen molar-refractivity contribution in [3.63, 3.8) is 0 Å². The number of para-hydroxylation sites is 1. The summed E-state index contributed by atoms with van der Waals surface area (Å²) >= 11 is 0. The van der Waals surface area contributed by atoms with Gasteiger partial charge in [0, 0.05) is 37.8 Å². The minimum absolute atomic E-state index is 0.0305. The van der Waals surface area contributed by atoms with E-state index in [1.54, 1.807) is 0 Å². The number of amides is 2. The minimum atomic E-state index is -0.729. The first kappa shape index (κ1) is 17.2. The van der Waals surface area contributed by atoms with Crippen LogP contribution in [0.1, 0.15) is 36.0 Å². The summed E-state index contributed by atoms with van der Waals surface area (Å²) in [6.07, 6.45) is 7.73. The van der Waals surface area contributed by atoms with Gasteiger partial charge in [-0.25, -0.2) is 9.97 Å². The Morgan fingerprint density at radius 3 is 2.54 bits per heavy atom. The number of nitrogens with zero attached hydrogens (tertiary/aromatic N) is 3. The molecule has 3 aliphatic rings. The van der Waals surface area contributed by atoms with E-state index in [2.05, 4.69) is 15.3 Å². The van der Waals surface area contributed by atoms with Crippen LogP contribution in [-0.4, -0.2) is 50.9 Å². The zero-order valence-electron chi connectivity index (χ0n) is 15.5. The summed E-state index contributed by atoms with van der Waals surface area (Å²) in [4.78, 5) is 35.5. The molecule has 3 atom stereocenters. The van der Waals surface area contributed by atoms with Crippen LogP contribution in [0.4, 0.5) is 0 Å². The number of aromatic nitrogens is 2. The molecule has 2 bridgehead atoms. The van der Waals surface area contributed by atoms with Crippen molar-refractivity contribution in [2.45, 2.75) is 43.4 Å². The molecule has 1 saturated heterocycles. The molecule has 7 nitrogen and oxygen atoms in total. The highest BCUT2D eigenvalue weighted by Crippen LogP contribution is 2.46. The molecule has 28 heavy (non-hydrogen) atoms. The molecule has 144 valence electrons. The molecular formula is C21H22N4O3. The molecule has 3 fully saturated rings. The second-order valence-corrected chi connectivity index (χ2v) is 7.98. The molecule has 5 rings (SSSR count). The van der Waals surface area contributed by atoms with E-state index in [0.717, 1.165) is 38.0 Å². The molecule has 2 aromatic rings. The van der Waals surface area contributed by atoms with Gasteiger partial charge in [0.2, 0.25) is 0 Å². The minimum Gasteiger partial charge on any atom is -0.477 e. The molecule has 2 saturated carbocycles. The molecule has 1 N–H and O–H groups in total. The van der Waals surface area contributed by atoms with Gasteiger partial charge in [-0.2, -0.15) is 0 Å². The predicted octanol–water partition coefficient (Wildman–Crippen LogP) is 1.81. The van der Waals surface area contributed by atoms with E-state index in [1.165, 1.54) is 18.7 Å². The zero-order valence-corrected chi connectivity index (χ0v) is 15.5. The Bertz CT molecular complexity index is 885. The second kappa shape index (κ2) is 6.58. The van der Waals surface area contributed by atoms with Crippen LogP contribution in [0.5, 0.6) is 5.75 Å². The highest BCUT2D eigenvalue weighted by molar-refractivity contribution is 5.94. The SMILES string of the molecule is O=C(N[C@@H]1C[C@H]2C[C@@H]1N(C(=O)C1(Oc3ccccc3)CC1)C2)c1cncnc1. The third-order valence-corrected chi connectivity index (χ3v) is 6.03. The second-order valence-electron chi connectivity index (χ2n) is 7.98. The lowest BCUT2D eigenvalue weighted by atomic mass is 10.0. The average molecular weight is 378 g/mol. The highest BCUT2D eigenvalue weighted by Gasteiger charge is 2.59. The van der Waals surface area contributed by atoms with Crippen LogP contribution in [0.3, 0.4) is 0 Å². The molecule has 1 aliphatic heterocycles. The van der Waals surface area contributed by atoms with Crippen molar-refractivity contribution in [2.75, 3.05) is 6.54 Å². The molecule has 0 radical (unpaired) electrons. The third-order valence-electron chi connectivity index (χ3n) is 6.03. The maximum atomic E-state index is 13.3. The maximum absolute atomic E-state index is 13.3. The van der Waals surface area contributed by atoms with E-state index in [0.29, 0.717) is 11.5 Å². The number of hydrogen-bond donors (Lipinski definition) is 1. The first-order chi connectivity index (χ1) is 13.6. The van der Waals surface area contributed by atoms with Gasteiger partial charge in [-0.05, 0) is 30.9 Å². The molecular weight excluding hydrogens is 356 g/mol. The molecule has 2 aliphatic carbocycles. The van der Waals surface area contributed by atoms with Crippen molar-refractivity contribution >= 4 is 11.8 Å². The number of hydrogen-bond acceptors (Lipinski definition) is 5. The van der Waals surface area contributed by atoms with E-state index < -0.39 is 5.60 Å². The fourth-order valence-electron chi connectivity index (χ4n) is 4.53. The number of likely N-dealkylation sites (tertiary alicyclic amines) is 1. The van der Waals surface area contributed by atoms with Gasteiger partial charge >= 0.3 is 0 Å². The largest absolute Gasteiger partial charge is 0.477 e. The number of carbonyl (C=O) groups excluding carboxylic acids is 2. The van der Waals surface area contributed by atoms with Crippen LogP contribution in [0, 0.1) is 5.92 Å². The van der Waals surface area contributed by atoms with E-state index in [4.69, 9.17) is 4.74 Å². The summed E-state index contributed by atoms with van der Waals surface area (Å²) in [6, 6.07) is 9.51. The monoisotopic (exact) mass is 378 g/mol. The number of fused-ring (bicyclic) bond motifs is 2. The number of nitrogens with one attached hydrogen (secondary N) is 1. The molecule has 2 heterocycles. The van der Waals surface area contributed by atoms with Gasteiger partial charge in [-0.3, -0.25) is 9.59 Å².